The van der Waals surface area contributed by atoms with Gasteiger partial charge in [-0.3, -0.25) is 0 Å². The van der Waals surface area contributed by atoms with Crippen LogP contribution in [0.15, 0.2) is 24.3 Å². The first-order valence-corrected chi connectivity index (χ1v) is 6.65. The van der Waals surface area contributed by atoms with E-state index in [1.807, 2.05) is 0 Å². The Morgan fingerprint density at radius 3 is 2.24 bits per heavy atom. The van der Waals surface area contributed by atoms with E-state index in [9.17, 15) is 0 Å². The molecule has 1 fully saturated rings. The smallest absolute Gasteiger partial charge is 0.183 e. The van der Waals surface area contributed by atoms with E-state index in [0.717, 1.165) is 25.2 Å². The molecule has 0 amide bonds. The molecule has 2 nitrogen and oxygen atoms in total. The van der Waals surface area contributed by atoms with Gasteiger partial charge in [-0.2, -0.15) is 0 Å². The first-order chi connectivity index (χ1) is 8.33. The van der Waals surface area contributed by atoms with Gasteiger partial charge in [0.05, 0.1) is 13.2 Å². The Labute approximate surface area is 104 Å². The fraction of sp³-hybridized carbons (Fsp3) is 0.600. The lowest BCUT2D eigenvalue weighted by Crippen LogP contribution is -2.26. The molecule has 0 radical (unpaired) electrons. The van der Waals surface area contributed by atoms with Gasteiger partial charge in [0.15, 0.2) is 6.29 Å². The lowest BCUT2D eigenvalue weighted by atomic mass is 10.0. The van der Waals surface area contributed by atoms with Gasteiger partial charge < -0.3 is 9.47 Å². The molecule has 1 heterocycles. The first kappa shape index (κ1) is 12.6. The zero-order valence-corrected chi connectivity index (χ0v) is 10.8. The third-order valence-corrected chi connectivity index (χ3v) is 3.32. The summed E-state index contributed by atoms with van der Waals surface area (Å²) in [6.07, 6.45) is 3.31. The van der Waals surface area contributed by atoms with Crippen molar-refractivity contribution in [2.45, 2.75) is 39.4 Å². The highest BCUT2D eigenvalue weighted by molar-refractivity contribution is 5.23. The molecule has 0 saturated carbocycles. The second-order valence-electron chi connectivity index (χ2n) is 4.75. The zero-order chi connectivity index (χ0) is 12.1. The van der Waals surface area contributed by atoms with Crippen molar-refractivity contribution in [1.29, 1.82) is 0 Å². The van der Waals surface area contributed by atoms with Gasteiger partial charge in [0.1, 0.15) is 0 Å². The van der Waals surface area contributed by atoms with E-state index in [2.05, 4.69) is 38.1 Å². The van der Waals surface area contributed by atoms with Gasteiger partial charge in [-0.25, -0.2) is 0 Å². The molecule has 2 heteroatoms. The Balaban J connectivity index is 1.91. The van der Waals surface area contributed by atoms with Gasteiger partial charge in [0.25, 0.3) is 0 Å². The molecule has 1 aliphatic heterocycles. The molecule has 0 aromatic heterocycles. The van der Waals surface area contributed by atoms with Gasteiger partial charge in [-0.15, -0.1) is 0 Å². The van der Waals surface area contributed by atoms with E-state index in [1.165, 1.54) is 18.4 Å². The fourth-order valence-corrected chi connectivity index (χ4v) is 2.22. The quantitative estimate of drug-likeness (QED) is 0.790. The summed E-state index contributed by atoms with van der Waals surface area (Å²) in [5.41, 5.74) is 2.49. The summed E-state index contributed by atoms with van der Waals surface area (Å²) in [6, 6.07) is 8.54. The van der Waals surface area contributed by atoms with Crippen LogP contribution >= 0.6 is 0 Å². The van der Waals surface area contributed by atoms with Crippen LogP contribution in [-0.4, -0.2) is 13.2 Å². The van der Waals surface area contributed by atoms with Crippen LogP contribution in [0, 0.1) is 5.92 Å². The highest BCUT2D eigenvalue weighted by Crippen LogP contribution is 2.26. The van der Waals surface area contributed by atoms with Gasteiger partial charge in [0.2, 0.25) is 0 Å². The lowest BCUT2D eigenvalue weighted by Gasteiger charge is -2.29. The van der Waals surface area contributed by atoms with Crippen molar-refractivity contribution in [2.24, 2.45) is 5.92 Å². The van der Waals surface area contributed by atoms with E-state index >= 15 is 0 Å². The maximum atomic E-state index is 5.78. The van der Waals surface area contributed by atoms with Crippen LogP contribution in [-0.2, 0) is 15.9 Å². The standard InChI is InChI=1S/C15H22O2/c1-3-5-13-10-16-15(17-11-13)14-8-6-12(4-2)7-9-14/h6-9,13,15H,3-5,10-11H2,1-2H3. The van der Waals surface area contributed by atoms with Gasteiger partial charge in [-0.05, 0) is 18.4 Å². The number of rotatable bonds is 4. The van der Waals surface area contributed by atoms with Crippen molar-refractivity contribution in [3.8, 4) is 0 Å². The van der Waals surface area contributed by atoms with Crippen LogP contribution in [0.2, 0.25) is 0 Å². The molecule has 0 unspecified atom stereocenters. The van der Waals surface area contributed by atoms with Crippen LogP contribution in [0.5, 0.6) is 0 Å². The minimum atomic E-state index is -0.158. The number of hydrogen-bond donors (Lipinski definition) is 0. The molecule has 17 heavy (non-hydrogen) atoms. The Morgan fingerprint density at radius 1 is 1.06 bits per heavy atom. The molecule has 0 spiro atoms. The summed E-state index contributed by atoms with van der Waals surface area (Å²) in [6.45, 7) is 6.02. The van der Waals surface area contributed by atoms with Crippen molar-refractivity contribution in [3.63, 3.8) is 0 Å². The molecular weight excluding hydrogens is 212 g/mol. The van der Waals surface area contributed by atoms with Gasteiger partial charge in [0, 0.05) is 11.5 Å². The number of benzene rings is 1. The van der Waals surface area contributed by atoms with Gasteiger partial charge >= 0.3 is 0 Å². The average molecular weight is 234 g/mol. The second kappa shape index (κ2) is 6.18. The van der Waals surface area contributed by atoms with E-state index in [-0.39, 0.29) is 6.29 Å². The molecule has 1 aromatic carbocycles. The highest BCUT2D eigenvalue weighted by Gasteiger charge is 2.22. The van der Waals surface area contributed by atoms with E-state index in [4.69, 9.17) is 9.47 Å². The zero-order valence-electron chi connectivity index (χ0n) is 10.8. The van der Waals surface area contributed by atoms with Crippen LogP contribution < -0.4 is 0 Å². The summed E-state index contributed by atoms with van der Waals surface area (Å²) in [5, 5.41) is 0. The fourth-order valence-electron chi connectivity index (χ4n) is 2.22. The molecule has 1 aliphatic rings. The molecule has 94 valence electrons. The molecule has 2 rings (SSSR count). The average Bonchev–Trinajstić information content (AvgIpc) is 2.40. The molecule has 1 aromatic rings. The largest absolute Gasteiger partial charge is 0.348 e. The van der Waals surface area contributed by atoms with E-state index < -0.39 is 0 Å². The van der Waals surface area contributed by atoms with Crippen molar-refractivity contribution >= 4 is 0 Å². The summed E-state index contributed by atoms with van der Waals surface area (Å²) in [4.78, 5) is 0. The Bertz CT molecular complexity index is 323. The predicted octanol–water partition coefficient (Wildman–Crippen LogP) is 3.71. The van der Waals surface area contributed by atoms with Crippen molar-refractivity contribution in [3.05, 3.63) is 35.4 Å². The SMILES string of the molecule is CCCC1COC(c2ccc(CC)cc2)OC1. The third-order valence-electron chi connectivity index (χ3n) is 3.32. The van der Waals surface area contributed by atoms with E-state index in [1.54, 1.807) is 0 Å². The Morgan fingerprint density at radius 2 is 1.71 bits per heavy atom. The lowest BCUT2D eigenvalue weighted by molar-refractivity contribution is -0.206. The molecule has 0 bridgehead atoms. The molecule has 0 N–H and O–H groups in total. The number of aryl methyl sites for hydroxylation is 1. The monoisotopic (exact) mass is 234 g/mol. The molecular formula is C15H22O2. The maximum Gasteiger partial charge on any atom is 0.183 e. The summed E-state index contributed by atoms with van der Waals surface area (Å²) in [7, 11) is 0. The Hall–Kier alpha value is -0.860. The van der Waals surface area contributed by atoms with Crippen molar-refractivity contribution in [2.75, 3.05) is 13.2 Å². The second-order valence-corrected chi connectivity index (χ2v) is 4.75. The Kier molecular flexibility index (Phi) is 4.57. The minimum absolute atomic E-state index is 0.158. The predicted molar refractivity (Wildman–Crippen MR) is 68.9 cm³/mol. The highest BCUT2D eigenvalue weighted by atomic mass is 16.7. The van der Waals surface area contributed by atoms with E-state index in [0.29, 0.717) is 5.92 Å². The first-order valence-electron chi connectivity index (χ1n) is 6.65. The van der Waals surface area contributed by atoms with Crippen LogP contribution in [0.1, 0.15) is 44.1 Å². The summed E-state index contributed by atoms with van der Waals surface area (Å²) < 4.78 is 11.6. The maximum absolute atomic E-state index is 5.78. The molecule has 1 saturated heterocycles. The van der Waals surface area contributed by atoms with Crippen LogP contribution in [0.25, 0.3) is 0 Å². The third kappa shape index (κ3) is 3.30. The number of ether oxygens (including phenoxy) is 2. The summed E-state index contributed by atoms with van der Waals surface area (Å²) >= 11 is 0. The molecule has 0 aliphatic carbocycles. The summed E-state index contributed by atoms with van der Waals surface area (Å²) in [5.74, 6) is 0.575. The van der Waals surface area contributed by atoms with Crippen molar-refractivity contribution in [1.82, 2.24) is 0 Å². The molecule has 0 atom stereocenters. The minimum Gasteiger partial charge on any atom is -0.348 e. The van der Waals surface area contributed by atoms with Crippen molar-refractivity contribution < 1.29 is 9.47 Å². The topological polar surface area (TPSA) is 18.5 Å². The normalized spacial score (nSPS) is 24.8. The van der Waals surface area contributed by atoms with Gasteiger partial charge in [-0.1, -0.05) is 44.5 Å². The van der Waals surface area contributed by atoms with Crippen LogP contribution in [0.4, 0.5) is 0 Å². The van der Waals surface area contributed by atoms with Crippen LogP contribution in [0.3, 0.4) is 0 Å². The number of hydrogen-bond acceptors (Lipinski definition) is 2.